The predicted octanol–water partition coefficient (Wildman–Crippen LogP) is -1.32. The third-order valence-corrected chi connectivity index (χ3v) is 5.38. The molecule has 2 aliphatic rings. The molecule has 108 valence electrons. The van der Waals surface area contributed by atoms with Gasteiger partial charge in [-0.3, -0.25) is 14.4 Å². The molecule has 0 radical (unpaired) electrons. The Morgan fingerprint density at radius 1 is 1.47 bits per heavy atom. The number of rotatable bonds is 4. The molecule has 2 N–H and O–H groups in total. The summed E-state index contributed by atoms with van der Waals surface area (Å²) in [7, 11) is -2.54. The van der Waals surface area contributed by atoms with Crippen LogP contribution in [0.5, 0.6) is 0 Å². The first-order valence-corrected chi connectivity index (χ1v) is 7.51. The molecule has 1 heterocycles. The highest BCUT2D eigenvalue weighted by Gasteiger charge is 2.44. The monoisotopic (exact) mass is 292 g/mol. The SMILES string of the molecule is COC(=O)C1CCCC1S(=O)(=O)N[C@@H]1CONC1=O. The van der Waals surface area contributed by atoms with E-state index in [4.69, 9.17) is 0 Å². The van der Waals surface area contributed by atoms with Crippen LogP contribution in [-0.2, 0) is 29.2 Å². The summed E-state index contributed by atoms with van der Waals surface area (Å²) in [5, 5.41) is -0.853. The van der Waals surface area contributed by atoms with E-state index in [1.54, 1.807) is 0 Å². The minimum Gasteiger partial charge on any atom is -0.469 e. The summed E-state index contributed by atoms with van der Waals surface area (Å²) in [5.74, 6) is -1.73. The number of esters is 1. The molecule has 2 fully saturated rings. The number of nitrogens with one attached hydrogen (secondary N) is 2. The zero-order valence-corrected chi connectivity index (χ0v) is 11.2. The lowest BCUT2D eigenvalue weighted by Gasteiger charge is -2.19. The van der Waals surface area contributed by atoms with Crippen LogP contribution in [0.25, 0.3) is 0 Å². The highest BCUT2D eigenvalue weighted by atomic mass is 32.2. The van der Waals surface area contributed by atoms with Gasteiger partial charge in [-0.2, -0.15) is 4.72 Å². The quantitative estimate of drug-likeness (QED) is 0.622. The van der Waals surface area contributed by atoms with Gasteiger partial charge in [-0.05, 0) is 12.8 Å². The van der Waals surface area contributed by atoms with Crippen molar-refractivity contribution >= 4 is 21.9 Å². The molecule has 1 aliphatic carbocycles. The minimum atomic E-state index is -3.77. The van der Waals surface area contributed by atoms with E-state index in [1.807, 2.05) is 0 Å². The van der Waals surface area contributed by atoms with E-state index in [-0.39, 0.29) is 6.61 Å². The molecule has 1 saturated carbocycles. The van der Waals surface area contributed by atoms with Crippen LogP contribution in [0.4, 0.5) is 0 Å². The third-order valence-electron chi connectivity index (χ3n) is 3.40. The number of amides is 1. The summed E-state index contributed by atoms with van der Waals surface area (Å²) < 4.78 is 31.3. The van der Waals surface area contributed by atoms with Gasteiger partial charge >= 0.3 is 5.97 Å². The van der Waals surface area contributed by atoms with Gasteiger partial charge < -0.3 is 4.74 Å². The van der Waals surface area contributed by atoms with Crippen molar-refractivity contribution in [2.24, 2.45) is 5.92 Å². The smallest absolute Gasteiger partial charge is 0.310 e. The number of hydrogen-bond acceptors (Lipinski definition) is 6. The standard InChI is InChI=1S/C10H16N2O6S/c1-17-10(14)6-3-2-4-8(6)19(15,16)12-7-5-18-11-9(7)13/h6-8,12H,2-5H2,1H3,(H,11,13)/t6?,7-,8?/m1/s1. The topological polar surface area (TPSA) is 111 Å². The first-order valence-electron chi connectivity index (χ1n) is 5.96. The molecule has 8 nitrogen and oxygen atoms in total. The van der Waals surface area contributed by atoms with Gasteiger partial charge in [-0.15, -0.1) is 0 Å². The van der Waals surface area contributed by atoms with E-state index < -0.39 is 39.1 Å². The first-order chi connectivity index (χ1) is 8.95. The molecule has 1 saturated heterocycles. The fraction of sp³-hybridized carbons (Fsp3) is 0.800. The van der Waals surface area contributed by atoms with Crippen LogP contribution in [0.2, 0.25) is 0 Å². The van der Waals surface area contributed by atoms with Crippen LogP contribution in [0.3, 0.4) is 0 Å². The molecule has 9 heteroatoms. The zero-order valence-electron chi connectivity index (χ0n) is 10.4. The Labute approximate surface area is 110 Å². The van der Waals surface area contributed by atoms with Crippen LogP contribution >= 0.6 is 0 Å². The van der Waals surface area contributed by atoms with E-state index in [0.717, 1.165) is 0 Å². The van der Waals surface area contributed by atoms with Crippen molar-refractivity contribution in [1.29, 1.82) is 0 Å². The Balaban J connectivity index is 2.10. The van der Waals surface area contributed by atoms with Crippen molar-refractivity contribution in [3.05, 3.63) is 0 Å². The van der Waals surface area contributed by atoms with Gasteiger partial charge in [-0.1, -0.05) is 6.42 Å². The fourth-order valence-electron chi connectivity index (χ4n) is 2.43. The Bertz CT molecular complexity index is 476. The molecule has 0 bridgehead atoms. The molecule has 0 aromatic rings. The molecule has 19 heavy (non-hydrogen) atoms. The average Bonchev–Trinajstić information content (AvgIpc) is 2.98. The number of hydrogen-bond donors (Lipinski definition) is 2. The highest BCUT2D eigenvalue weighted by Crippen LogP contribution is 2.31. The molecule has 0 aromatic heterocycles. The molecule has 0 spiro atoms. The third kappa shape index (κ3) is 2.88. The van der Waals surface area contributed by atoms with Crippen molar-refractivity contribution < 1.29 is 27.6 Å². The lowest BCUT2D eigenvalue weighted by Crippen LogP contribution is -2.47. The van der Waals surface area contributed by atoms with Crippen molar-refractivity contribution in [3.8, 4) is 0 Å². The second kappa shape index (κ2) is 5.43. The summed E-state index contributed by atoms with van der Waals surface area (Å²) >= 11 is 0. The number of sulfonamides is 1. The summed E-state index contributed by atoms with van der Waals surface area (Å²) in [6.07, 6.45) is 1.49. The van der Waals surface area contributed by atoms with Gasteiger partial charge in [0, 0.05) is 0 Å². The normalized spacial score (nSPS) is 31.2. The second-order valence-electron chi connectivity index (χ2n) is 4.59. The van der Waals surface area contributed by atoms with Crippen LogP contribution in [0.15, 0.2) is 0 Å². The molecule has 1 aliphatic heterocycles. The second-order valence-corrected chi connectivity index (χ2v) is 6.52. The highest BCUT2D eigenvalue weighted by molar-refractivity contribution is 7.90. The molecule has 0 aromatic carbocycles. The minimum absolute atomic E-state index is 0.0618. The van der Waals surface area contributed by atoms with Crippen LogP contribution in [-0.4, -0.2) is 45.3 Å². The number of ether oxygens (including phenoxy) is 1. The number of carbonyl (C=O) groups is 2. The van der Waals surface area contributed by atoms with Gasteiger partial charge in [0.2, 0.25) is 10.0 Å². The van der Waals surface area contributed by atoms with E-state index in [9.17, 15) is 18.0 Å². The van der Waals surface area contributed by atoms with E-state index in [0.29, 0.717) is 19.3 Å². The summed E-state index contributed by atoms with van der Waals surface area (Å²) in [6.45, 7) is -0.0618. The van der Waals surface area contributed by atoms with E-state index in [1.165, 1.54) is 7.11 Å². The van der Waals surface area contributed by atoms with Gasteiger partial charge in [0.1, 0.15) is 12.6 Å². The lowest BCUT2D eigenvalue weighted by molar-refractivity contribution is -0.145. The van der Waals surface area contributed by atoms with Crippen LogP contribution in [0, 0.1) is 5.92 Å². The predicted molar refractivity (Wildman–Crippen MR) is 63.1 cm³/mol. The molecule has 3 atom stereocenters. The lowest BCUT2D eigenvalue weighted by atomic mass is 10.1. The summed E-state index contributed by atoms with van der Waals surface area (Å²) in [5.41, 5.74) is 2.07. The summed E-state index contributed by atoms with van der Waals surface area (Å²) in [4.78, 5) is 27.5. The van der Waals surface area contributed by atoms with Gasteiger partial charge in [0.25, 0.3) is 5.91 Å². The van der Waals surface area contributed by atoms with Gasteiger partial charge in [0.05, 0.1) is 18.3 Å². The van der Waals surface area contributed by atoms with Crippen molar-refractivity contribution in [3.63, 3.8) is 0 Å². The summed E-state index contributed by atoms with van der Waals surface area (Å²) in [6, 6.07) is -0.941. The molecule has 2 unspecified atom stereocenters. The molecular formula is C10H16N2O6S. The first kappa shape index (κ1) is 14.2. The Hall–Kier alpha value is -1.19. The number of methoxy groups -OCH3 is 1. The maximum absolute atomic E-state index is 12.2. The molecule has 1 amide bonds. The van der Waals surface area contributed by atoms with E-state index >= 15 is 0 Å². The van der Waals surface area contributed by atoms with Crippen LogP contribution < -0.4 is 10.2 Å². The largest absolute Gasteiger partial charge is 0.469 e. The maximum atomic E-state index is 12.2. The Morgan fingerprint density at radius 3 is 2.79 bits per heavy atom. The zero-order chi connectivity index (χ0) is 14.0. The van der Waals surface area contributed by atoms with E-state index in [2.05, 4.69) is 19.8 Å². The van der Waals surface area contributed by atoms with Crippen molar-refractivity contribution in [2.75, 3.05) is 13.7 Å². The molecule has 2 rings (SSSR count). The van der Waals surface area contributed by atoms with Crippen molar-refractivity contribution in [1.82, 2.24) is 10.2 Å². The van der Waals surface area contributed by atoms with Crippen LogP contribution in [0.1, 0.15) is 19.3 Å². The number of hydroxylamine groups is 1. The van der Waals surface area contributed by atoms with Gasteiger partial charge in [-0.25, -0.2) is 13.9 Å². The Morgan fingerprint density at radius 2 is 2.21 bits per heavy atom. The van der Waals surface area contributed by atoms with Crippen molar-refractivity contribution in [2.45, 2.75) is 30.6 Å². The number of carbonyl (C=O) groups excluding carboxylic acids is 2. The Kier molecular flexibility index (Phi) is 4.07. The maximum Gasteiger partial charge on any atom is 0.310 e. The van der Waals surface area contributed by atoms with Gasteiger partial charge in [0.15, 0.2) is 0 Å². The molecular weight excluding hydrogens is 276 g/mol. The average molecular weight is 292 g/mol. The fourth-order valence-corrected chi connectivity index (χ4v) is 4.34.